The number of alkyl halides is 2. The molecule has 1 heterocycles. The molecule has 0 bridgehead atoms. The fraction of sp³-hybridized carbons (Fsp3) is 0.429. The number of ether oxygens (including phenoxy) is 1. The maximum Gasteiger partial charge on any atom is 0.278 e. The van der Waals surface area contributed by atoms with Crippen molar-refractivity contribution in [2.75, 3.05) is 12.3 Å². The second kappa shape index (κ2) is 3.69. The van der Waals surface area contributed by atoms with Gasteiger partial charge in [0.25, 0.3) is 11.8 Å². The fourth-order valence-corrected chi connectivity index (χ4v) is 0.662. The minimum atomic E-state index is -3.05. The molecule has 0 aliphatic heterocycles. The second-order valence-electron chi connectivity index (χ2n) is 2.74. The van der Waals surface area contributed by atoms with E-state index in [0.29, 0.717) is 6.92 Å². The van der Waals surface area contributed by atoms with Gasteiger partial charge in [0, 0.05) is 6.92 Å². The van der Waals surface area contributed by atoms with Gasteiger partial charge in [0.15, 0.2) is 12.4 Å². The summed E-state index contributed by atoms with van der Waals surface area (Å²) in [6.07, 6.45) is 0.932. The minimum Gasteiger partial charge on any atom is -0.469 e. The van der Waals surface area contributed by atoms with Gasteiger partial charge in [-0.05, 0) is 0 Å². The summed E-state index contributed by atoms with van der Waals surface area (Å²) < 4.78 is 42.0. The molecule has 78 valence electrons. The van der Waals surface area contributed by atoms with Crippen molar-refractivity contribution < 1.29 is 17.9 Å². The minimum absolute atomic E-state index is 0.436. The normalized spacial score (nSPS) is 11.4. The second-order valence-corrected chi connectivity index (χ2v) is 2.74. The van der Waals surface area contributed by atoms with E-state index >= 15 is 0 Å². The smallest absolute Gasteiger partial charge is 0.278 e. The lowest BCUT2D eigenvalue weighted by molar-refractivity contribution is -0.0253. The van der Waals surface area contributed by atoms with E-state index in [1.807, 2.05) is 0 Å². The van der Waals surface area contributed by atoms with E-state index in [9.17, 15) is 13.2 Å². The van der Waals surface area contributed by atoms with Crippen LogP contribution >= 0.6 is 0 Å². The number of nitrogen functional groups attached to an aromatic ring is 1. The first-order chi connectivity index (χ1) is 6.40. The maximum atomic E-state index is 13.0. The third-order valence-corrected chi connectivity index (χ3v) is 1.25. The van der Waals surface area contributed by atoms with Crippen LogP contribution < -0.4 is 10.5 Å². The number of nitrogens with two attached hydrogens (primary N) is 1. The Morgan fingerprint density at radius 2 is 2.14 bits per heavy atom. The van der Waals surface area contributed by atoms with Crippen LogP contribution in [0.2, 0.25) is 0 Å². The predicted octanol–water partition coefficient (Wildman–Crippen LogP) is 1.23. The first-order valence-electron chi connectivity index (χ1n) is 3.67. The van der Waals surface area contributed by atoms with Crippen molar-refractivity contribution in [2.24, 2.45) is 0 Å². The van der Waals surface area contributed by atoms with Crippen molar-refractivity contribution in [3.8, 4) is 5.88 Å². The highest BCUT2D eigenvalue weighted by atomic mass is 19.3. The van der Waals surface area contributed by atoms with E-state index in [1.165, 1.54) is 0 Å². The lowest BCUT2D eigenvalue weighted by Crippen LogP contribution is -2.22. The van der Waals surface area contributed by atoms with E-state index in [0.717, 1.165) is 6.33 Å². The lowest BCUT2D eigenvalue weighted by atomic mass is 10.4. The molecule has 0 radical (unpaired) electrons. The molecule has 1 aromatic heterocycles. The number of hydrogen-bond acceptors (Lipinski definition) is 4. The average molecular weight is 207 g/mol. The van der Waals surface area contributed by atoms with Gasteiger partial charge in [-0.2, -0.15) is 9.37 Å². The van der Waals surface area contributed by atoms with Gasteiger partial charge in [0.05, 0.1) is 0 Å². The average Bonchev–Trinajstić information content (AvgIpc) is 2.06. The number of rotatable bonds is 3. The number of hydrogen-bond donors (Lipinski definition) is 1. The van der Waals surface area contributed by atoms with Crippen molar-refractivity contribution in [1.29, 1.82) is 0 Å². The van der Waals surface area contributed by atoms with E-state index in [-0.39, 0.29) is 0 Å². The number of nitrogens with zero attached hydrogens (tertiary/aromatic N) is 2. The van der Waals surface area contributed by atoms with Crippen LogP contribution in [-0.2, 0) is 0 Å². The number of anilines is 1. The molecule has 0 amide bonds. The molecular weight excluding hydrogens is 199 g/mol. The molecule has 1 rings (SSSR count). The summed E-state index contributed by atoms with van der Waals surface area (Å²) in [5.41, 5.74) is 5.07. The predicted molar refractivity (Wildman–Crippen MR) is 42.5 cm³/mol. The van der Waals surface area contributed by atoms with Crippen molar-refractivity contribution in [3.05, 3.63) is 12.1 Å². The van der Waals surface area contributed by atoms with Crippen LogP contribution in [0, 0.1) is 5.82 Å². The van der Waals surface area contributed by atoms with Crippen LogP contribution in [0.25, 0.3) is 0 Å². The van der Waals surface area contributed by atoms with Crippen LogP contribution in [0.1, 0.15) is 6.92 Å². The molecule has 0 saturated heterocycles. The van der Waals surface area contributed by atoms with Crippen molar-refractivity contribution in [1.82, 2.24) is 9.97 Å². The molecule has 0 aliphatic rings. The Kier molecular flexibility index (Phi) is 2.78. The van der Waals surface area contributed by atoms with Crippen molar-refractivity contribution in [3.63, 3.8) is 0 Å². The van der Waals surface area contributed by atoms with E-state index in [2.05, 4.69) is 14.7 Å². The Morgan fingerprint density at radius 1 is 1.50 bits per heavy atom. The monoisotopic (exact) mass is 207 g/mol. The molecule has 0 fully saturated rings. The van der Waals surface area contributed by atoms with Gasteiger partial charge in [-0.1, -0.05) is 0 Å². The van der Waals surface area contributed by atoms with Crippen LogP contribution in [0.4, 0.5) is 19.0 Å². The van der Waals surface area contributed by atoms with Crippen LogP contribution in [0.3, 0.4) is 0 Å². The Morgan fingerprint density at radius 3 is 2.71 bits per heavy atom. The van der Waals surface area contributed by atoms with E-state index in [4.69, 9.17) is 5.73 Å². The van der Waals surface area contributed by atoms with Crippen molar-refractivity contribution in [2.45, 2.75) is 12.8 Å². The van der Waals surface area contributed by atoms with Gasteiger partial charge in [-0.3, -0.25) is 0 Å². The summed E-state index contributed by atoms with van der Waals surface area (Å²) in [5.74, 6) is -5.09. The molecule has 0 aromatic carbocycles. The van der Waals surface area contributed by atoms with Crippen LogP contribution in [0.15, 0.2) is 6.33 Å². The van der Waals surface area contributed by atoms with Crippen LogP contribution in [0.5, 0.6) is 5.88 Å². The first-order valence-corrected chi connectivity index (χ1v) is 3.67. The fourth-order valence-electron chi connectivity index (χ4n) is 0.662. The summed E-state index contributed by atoms with van der Waals surface area (Å²) in [5, 5.41) is 0. The SMILES string of the molecule is CC(F)(F)COc1ncnc(N)c1F. The molecule has 0 spiro atoms. The Labute approximate surface area is 77.9 Å². The Hall–Kier alpha value is -1.53. The van der Waals surface area contributed by atoms with Gasteiger partial charge < -0.3 is 10.5 Å². The highest BCUT2D eigenvalue weighted by Crippen LogP contribution is 2.19. The van der Waals surface area contributed by atoms with Gasteiger partial charge in [0.2, 0.25) is 5.82 Å². The number of aromatic nitrogens is 2. The zero-order valence-electron chi connectivity index (χ0n) is 7.30. The van der Waals surface area contributed by atoms with Gasteiger partial charge in [-0.25, -0.2) is 13.8 Å². The molecule has 0 unspecified atom stereocenters. The van der Waals surface area contributed by atoms with Gasteiger partial charge in [0.1, 0.15) is 6.33 Å². The topological polar surface area (TPSA) is 61.0 Å². The maximum absolute atomic E-state index is 13.0. The summed E-state index contributed by atoms with van der Waals surface area (Å²) in [7, 11) is 0. The molecule has 14 heavy (non-hydrogen) atoms. The summed E-state index contributed by atoms with van der Waals surface area (Å²) in [6, 6.07) is 0. The first kappa shape index (κ1) is 10.6. The van der Waals surface area contributed by atoms with Crippen LogP contribution in [-0.4, -0.2) is 22.5 Å². The molecule has 4 nitrogen and oxygen atoms in total. The number of halogens is 3. The molecular formula is C7H8F3N3O. The zero-order valence-corrected chi connectivity index (χ0v) is 7.30. The molecule has 1 aromatic rings. The summed E-state index contributed by atoms with van der Waals surface area (Å²) in [6.45, 7) is -0.310. The lowest BCUT2D eigenvalue weighted by Gasteiger charge is -2.11. The standard InChI is InChI=1S/C7H8F3N3O/c1-7(9,10)2-14-6-4(8)5(11)12-3-13-6/h3H,2H2,1H3,(H2,11,12,13). The van der Waals surface area contributed by atoms with Gasteiger partial charge in [-0.15, -0.1) is 0 Å². The summed E-state index contributed by atoms with van der Waals surface area (Å²) in [4.78, 5) is 6.63. The Bertz CT molecular complexity index is 326. The molecule has 2 N–H and O–H groups in total. The Balaban J connectivity index is 2.73. The van der Waals surface area contributed by atoms with E-state index in [1.54, 1.807) is 0 Å². The molecule has 0 aliphatic carbocycles. The third kappa shape index (κ3) is 2.75. The third-order valence-electron chi connectivity index (χ3n) is 1.25. The quantitative estimate of drug-likeness (QED) is 0.809. The molecule has 0 saturated carbocycles. The molecule has 0 atom stereocenters. The zero-order chi connectivity index (χ0) is 10.8. The van der Waals surface area contributed by atoms with E-state index < -0.39 is 30.0 Å². The van der Waals surface area contributed by atoms with Crippen molar-refractivity contribution >= 4 is 5.82 Å². The summed E-state index contributed by atoms with van der Waals surface area (Å²) >= 11 is 0. The largest absolute Gasteiger partial charge is 0.469 e. The highest BCUT2D eigenvalue weighted by Gasteiger charge is 2.23. The highest BCUT2D eigenvalue weighted by molar-refractivity contribution is 5.33. The molecule has 7 heteroatoms. The van der Waals surface area contributed by atoms with Gasteiger partial charge >= 0.3 is 0 Å².